The molecule has 2 heteroatoms. The van der Waals surface area contributed by atoms with Gasteiger partial charge in [0.25, 0.3) is 0 Å². The van der Waals surface area contributed by atoms with Gasteiger partial charge in [0, 0.05) is 19.0 Å². The summed E-state index contributed by atoms with van der Waals surface area (Å²) >= 11 is 0. The highest BCUT2D eigenvalue weighted by Gasteiger charge is 2.09. The fraction of sp³-hybridized carbons (Fsp3) is 0.917. The molecule has 0 fully saturated rings. The molecule has 2 nitrogen and oxygen atoms in total. The molecule has 0 aliphatic heterocycles. The summed E-state index contributed by atoms with van der Waals surface area (Å²) < 4.78 is 0. The topological polar surface area (TPSA) is 29.1 Å². The van der Waals surface area contributed by atoms with Crippen LogP contribution < -0.4 is 5.32 Å². The summed E-state index contributed by atoms with van der Waals surface area (Å²) in [6, 6.07) is 0.531. The second-order valence-corrected chi connectivity index (χ2v) is 4.78. The Hall–Kier alpha value is -0.370. The zero-order chi connectivity index (χ0) is 11.0. The third kappa shape index (κ3) is 8.24. The first-order valence-electron chi connectivity index (χ1n) is 5.73. The van der Waals surface area contributed by atoms with Gasteiger partial charge in [0.15, 0.2) is 0 Å². The van der Waals surface area contributed by atoms with Crippen LogP contribution in [0.5, 0.6) is 0 Å². The lowest BCUT2D eigenvalue weighted by Crippen LogP contribution is -2.29. The molecule has 0 bridgehead atoms. The Bertz CT molecular complexity index is 145. The predicted molar refractivity (Wildman–Crippen MR) is 61.4 cm³/mol. The molecule has 0 amide bonds. The Morgan fingerprint density at radius 2 is 1.79 bits per heavy atom. The molecule has 0 saturated heterocycles. The molecule has 0 aromatic heterocycles. The summed E-state index contributed by atoms with van der Waals surface area (Å²) in [7, 11) is 0. The summed E-state index contributed by atoms with van der Waals surface area (Å²) in [5, 5.41) is 3.36. The van der Waals surface area contributed by atoms with E-state index >= 15 is 0 Å². The van der Waals surface area contributed by atoms with Crippen LogP contribution in [0.25, 0.3) is 0 Å². The molecule has 2 atom stereocenters. The Balaban J connectivity index is 3.49. The molecule has 0 spiro atoms. The van der Waals surface area contributed by atoms with E-state index in [1.54, 1.807) is 0 Å². The van der Waals surface area contributed by atoms with E-state index in [1.165, 1.54) is 12.8 Å². The van der Waals surface area contributed by atoms with Crippen molar-refractivity contribution in [3.63, 3.8) is 0 Å². The van der Waals surface area contributed by atoms with Crippen molar-refractivity contribution in [2.75, 3.05) is 6.54 Å². The fourth-order valence-electron chi connectivity index (χ4n) is 1.98. The Morgan fingerprint density at radius 3 is 2.29 bits per heavy atom. The maximum absolute atomic E-state index is 10.1. The SMILES string of the molecule is CC(C)CC(C)CC(C)NCCC=O. The Kier molecular flexibility index (Phi) is 7.77. The van der Waals surface area contributed by atoms with E-state index in [0.29, 0.717) is 12.5 Å². The standard InChI is InChI=1S/C12H25NO/c1-10(2)8-11(3)9-12(4)13-6-5-7-14/h7,10-13H,5-6,8-9H2,1-4H3. The van der Waals surface area contributed by atoms with Crippen LogP contribution in [0.15, 0.2) is 0 Å². The van der Waals surface area contributed by atoms with Crippen LogP contribution in [0.4, 0.5) is 0 Å². The van der Waals surface area contributed by atoms with Crippen LogP contribution >= 0.6 is 0 Å². The highest BCUT2D eigenvalue weighted by molar-refractivity contribution is 5.49. The molecule has 0 rings (SSSR count). The molecular weight excluding hydrogens is 174 g/mol. The largest absolute Gasteiger partial charge is 0.314 e. The van der Waals surface area contributed by atoms with Gasteiger partial charge < -0.3 is 10.1 Å². The lowest BCUT2D eigenvalue weighted by Gasteiger charge is -2.19. The van der Waals surface area contributed by atoms with E-state index in [1.807, 2.05) is 0 Å². The maximum atomic E-state index is 10.1. The van der Waals surface area contributed by atoms with Crippen molar-refractivity contribution in [1.29, 1.82) is 0 Å². The number of hydrogen-bond acceptors (Lipinski definition) is 2. The highest BCUT2D eigenvalue weighted by atomic mass is 16.1. The smallest absolute Gasteiger partial charge is 0.121 e. The van der Waals surface area contributed by atoms with Gasteiger partial charge in [-0.25, -0.2) is 0 Å². The van der Waals surface area contributed by atoms with Crippen LogP contribution in [0, 0.1) is 11.8 Å². The van der Waals surface area contributed by atoms with Gasteiger partial charge in [0.05, 0.1) is 0 Å². The monoisotopic (exact) mass is 199 g/mol. The summed E-state index contributed by atoms with van der Waals surface area (Å²) in [6.07, 6.45) is 4.09. The molecule has 1 N–H and O–H groups in total. The van der Waals surface area contributed by atoms with Gasteiger partial charge in [-0.3, -0.25) is 0 Å². The molecule has 0 heterocycles. The molecular formula is C12H25NO. The first-order chi connectivity index (χ1) is 6.56. The van der Waals surface area contributed by atoms with Gasteiger partial charge in [-0.1, -0.05) is 20.8 Å². The zero-order valence-corrected chi connectivity index (χ0v) is 10.0. The summed E-state index contributed by atoms with van der Waals surface area (Å²) in [6.45, 7) is 9.85. The van der Waals surface area contributed by atoms with E-state index < -0.39 is 0 Å². The van der Waals surface area contributed by atoms with Gasteiger partial charge in [-0.2, -0.15) is 0 Å². The average Bonchev–Trinajstić information content (AvgIpc) is 2.02. The minimum absolute atomic E-state index is 0.531. The number of rotatable bonds is 8. The average molecular weight is 199 g/mol. The van der Waals surface area contributed by atoms with Crippen molar-refractivity contribution >= 4 is 6.29 Å². The summed E-state index contributed by atoms with van der Waals surface area (Å²) in [5.41, 5.74) is 0. The first kappa shape index (κ1) is 13.6. The molecule has 0 aliphatic carbocycles. The van der Waals surface area contributed by atoms with Crippen LogP contribution in [-0.4, -0.2) is 18.9 Å². The number of carbonyl (C=O) groups excluding carboxylic acids is 1. The number of nitrogens with one attached hydrogen (secondary N) is 1. The van der Waals surface area contributed by atoms with Crippen molar-refractivity contribution in [3.8, 4) is 0 Å². The first-order valence-corrected chi connectivity index (χ1v) is 5.73. The minimum atomic E-state index is 0.531. The molecule has 0 aromatic rings. The lowest BCUT2D eigenvalue weighted by molar-refractivity contribution is -0.107. The highest BCUT2D eigenvalue weighted by Crippen LogP contribution is 2.16. The predicted octanol–water partition coefficient (Wildman–Crippen LogP) is 2.63. The third-order valence-corrected chi connectivity index (χ3v) is 2.38. The van der Waals surface area contributed by atoms with Crippen molar-refractivity contribution in [3.05, 3.63) is 0 Å². The van der Waals surface area contributed by atoms with Crippen molar-refractivity contribution < 1.29 is 4.79 Å². The minimum Gasteiger partial charge on any atom is -0.314 e. The van der Waals surface area contributed by atoms with Gasteiger partial charge in [0.1, 0.15) is 6.29 Å². The van der Waals surface area contributed by atoms with E-state index in [9.17, 15) is 4.79 Å². The van der Waals surface area contributed by atoms with Crippen LogP contribution in [-0.2, 0) is 4.79 Å². The Labute approximate surface area is 88.5 Å². The normalized spacial score (nSPS) is 15.5. The van der Waals surface area contributed by atoms with Gasteiger partial charge >= 0.3 is 0 Å². The van der Waals surface area contributed by atoms with E-state index in [2.05, 4.69) is 33.0 Å². The molecule has 0 aliphatic rings. The van der Waals surface area contributed by atoms with Crippen LogP contribution in [0.2, 0.25) is 0 Å². The van der Waals surface area contributed by atoms with Crippen LogP contribution in [0.3, 0.4) is 0 Å². The number of aldehydes is 1. The van der Waals surface area contributed by atoms with E-state index in [-0.39, 0.29) is 0 Å². The van der Waals surface area contributed by atoms with Crippen molar-refractivity contribution in [1.82, 2.24) is 5.32 Å². The molecule has 0 aromatic carbocycles. The number of hydrogen-bond donors (Lipinski definition) is 1. The molecule has 14 heavy (non-hydrogen) atoms. The fourth-order valence-corrected chi connectivity index (χ4v) is 1.98. The lowest BCUT2D eigenvalue weighted by atomic mass is 9.93. The Morgan fingerprint density at radius 1 is 1.14 bits per heavy atom. The van der Waals surface area contributed by atoms with E-state index in [0.717, 1.165) is 24.7 Å². The van der Waals surface area contributed by atoms with Crippen LogP contribution in [0.1, 0.15) is 47.0 Å². The molecule has 2 unspecified atom stereocenters. The maximum Gasteiger partial charge on any atom is 0.121 e. The molecule has 0 saturated carbocycles. The van der Waals surface area contributed by atoms with Crippen molar-refractivity contribution in [2.24, 2.45) is 11.8 Å². The quantitative estimate of drug-likeness (QED) is 0.481. The zero-order valence-electron chi connectivity index (χ0n) is 10.0. The second-order valence-electron chi connectivity index (χ2n) is 4.78. The second kappa shape index (κ2) is 7.98. The summed E-state index contributed by atoms with van der Waals surface area (Å²) in [4.78, 5) is 10.1. The summed E-state index contributed by atoms with van der Waals surface area (Å²) in [5.74, 6) is 1.56. The molecule has 0 radical (unpaired) electrons. The third-order valence-electron chi connectivity index (χ3n) is 2.38. The number of carbonyl (C=O) groups is 1. The van der Waals surface area contributed by atoms with E-state index in [4.69, 9.17) is 0 Å². The molecule has 84 valence electrons. The van der Waals surface area contributed by atoms with Gasteiger partial charge in [-0.15, -0.1) is 0 Å². The van der Waals surface area contributed by atoms with Gasteiger partial charge in [-0.05, 0) is 31.6 Å². The van der Waals surface area contributed by atoms with Crippen molar-refractivity contribution in [2.45, 2.75) is 53.0 Å². The van der Waals surface area contributed by atoms with Gasteiger partial charge in [0.2, 0.25) is 0 Å².